The molecule has 84 valence electrons. The highest BCUT2D eigenvalue weighted by molar-refractivity contribution is 6.04. The van der Waals surface area contributed by atoms with Crippen LogP contribution >= 0.6 is 0 Å². The Labute approximate surface area is 93.5 Å². The average molecular weight is 219 g/mol. The number of benzene rings is 1. The predicted octanol–water partition coefficient (Wildman–Crippen LogP) is 1.54. The van der Waals surface area contributed by atoms with E-state index in [-0.39, 0.29) is 5.91 Å². The Hall–Kier alpha value is -1.39. The summed E-state index contributed by atoms with van der Waals surface area (Å²) in [6.45, 7) is 3.10. The van der Waals surface area contributed by atoms with Gasteiger partial charge in [0.1, 0.15) is 0 Å². The van der Waals surface area contributed by atoms with E-state index in [0.29, 0.717) is 13.2 Å². The van der Waals surface area contributed by atoms with E-state index in [1.165, 1.54) is 0 Å². The van der Waals surface area contributed by atoms with E-state index < -0.39 is 5.79 Å². The molecule has 0 saturated carbocycles. The molecule has 0 atom stereocenters. The minimum atomic E-state index is -1.19. The van der Waals surface area contributed by atoms with Crippen LogP contribution in [0, 0.1) is 6.92 Å². The Morgan fingerprint density at radius 3 is 2.81 bits per heavy atom. The molecule has 0 aliphatic carbocycles. The van der Waals surface area contributed by atoms with Crippen LogP contribution in [0.2, 0.25) is 0 Å². The van der Waals surface area contributed by atoms with Gasteiger partial charge in [-0.05, 0) is 25.5 Å². The first-order valence-corrected chi connectivity index (χ1v) is 5.43. The Morgan fingerprint density at radius 1 is 1.31 bits per heavy atom. The number of hydrogen-bond acceptors (Lipinski definition) is 3. The third-order valence-corrected chi connectivity index (χ3v) is 2.98. The average Bonchev–Trinajstić information content (AvgIpc) is 2.55. The van der Waals surface area contributed by atoms with Gasteiger partial charge in [-0.2, -0.15) is 0 Å². The van der Waals surface area contributed by atoms with Crippen molar-refractivity contribution in [3.63, 3.8) is 0 Å². The minimum Gasteiger partial charge on any atom is -0.338 e. The number of aryl methyl sites for hydroxylation is 1. The quantitative estimate of drug-likeness (QED) is 0.720. The number of amides is 1. The summed E-state index contributed by atoms with van der Waals surface area (Å²) in [5.74, 6) is -1.41. The third kappa shape index (κ3) is 1.20. The van der Waals surface area contributed by atoms with Crippen molar-refractivity contribution in [3.05, 3.63) is 29.3 Å². The molecule has 1 saturated heterocycles. The van der Waals surface area contributed by atoms with Gasteiger partial charge in [0.05, 0.1) is 18.9 Å². The van der Waals surface area contributed by atoms with Gasteiger partial charge in [0.25, 0.3) is 11.7 Å². The summed E-state index contributed by atoms with van der Waals surface area (Å²) in [6, 6.07) is 5.79. The number of nitrogens with one attached hydrogen (secondary N) is 1. The summed E-state index contributed by atoms with van der Waals surface area (Å²) < 4.78 is 11.2. The number of ether oxygens (including phenoxy) is 2. The van der Waals surface area contributed by atoms with E-state index >= 15 is 0 Å². The maximum atomic E-state index is 12.0. The lowest BCUT2D eigenvalue weighted by Gasteiger charge is -2.31. The van der Waals surface area contributed by atoms with Gasteiger partial charge < -0.3 is 14.8 Å². The van der Waals surface area contributed by atoms with Crippen LogP contribution in [0.25, 0.3) is 0 Å². The molecule has 0 unspecified atom stereocenters. The van der Waals surface area contributed by atoms with Crippen LogP contribution in [0.4, 0.5) is 5.69 Å². The molecular weight excluding hydrogens is 206 g/mol. The molecule has 2 aliphatic heterocycles. The van der Waals surface area contributed by atoms with Crippen molar-refractivity contribution in [2.75, 3.05) is 18.5 Å². The summed E-state index contributed by atoms with van der Waals surface area (Å²) in [7, 11) is 0. The standard InChI is InChI=1S/C12H13NO3/c1-8-3-4-10-9(7-8)12(11(14)13-10)15-5-2-6-16-12/h3-4,7H,2,5-6H2,1H3,(H,13,14). The van der Waals surface area contributed by atoms with E-state index in [1.54, 1.807) is 0 Å². The van der Waals surface area contributed by atoms with E-state index in [9.17, 15) is 4.79 Å². The van der Waals surface area contributed by atoms with E-state index in [1.807, 2.05) is 25.1 Å². The lowest BCUT2D eigenvalue weighted by molar-refractivity contribution is -0.255. The summed E-state index contributed by atoms with van der Waals surface area (Å²) >= 11 is 0. The largest absolute Gasteiger partial charge is 0.338 e. The number of hydrogen-bond donors (Lipinski definition) is 1. The van der Waals surface area contributed by atoms with Crippen molar-refractivity contribution >= 4 is 11.6 Å². The van der Waals surface area contributed by atoms with Crippen LogP contribution in [0.15, 0.2) is 18.2 Å². The first-order valence-electron chi connectivity index (χ1n) is 5.43. The molecule has 3 rings (SSSR count). The maximum absolute atomic E-state index is 12.0. The van der Waals surface area contributed by atoms with E-state index in [0.717, 1.165) is 23.2 Å². The smallest absolute Gasteiger partial charge is 0.289 e. The third-order valence-electron chi connectivity index (χ3n) is 2.98. The van der Waals surface area contributed by atoms with Gasteiger partial charge in [0.2, 0.25) is 0 Å². The molecule has 4 heteroatoms. The Kier molecular flexibility index (Phi) is 2.02. The van der Waals surface area contributed by atoms with E-state index in [4.69, 9.17) is 9.47 Å². The fourth-order valence-corrected chi connectivity index (χ4v) is 2.19. The van der Waals surface area contributed by atoms with Crippen molar-refractivity contribution in [2.45, 2.75) is 19.1 Å². The number of carbonyl (C=O) groups is 1. The monoisotopic (exact) mass is 219 g/mol. The number of anilines is 1. The molecule has 4 nitrogen and oxygen atoms in total. The second-order valence-electron chi connectivity index (χ2n) is 4.17. The Morgan fingerprint density at radius 2 is 2.06 bits per heavy atom. The van der Waals surface area contributed by atoms with Gasteiger partial charge in [-0.1, -0.05) is 11.6 Å². The van der Waals surface area contributed by atoms with Crippen LogP contribution in [0.1, 0.15) is 17.5 Å². The zero-order chi connectivity index (χ0) is 11.2. The van der Waals surface area contributed by atoms with Gasteiger partial charge in [-0.15, -0.1) is 0 Å². The Bertz CT molecular complexity index is 450. The van der Waals surface area contributed by atoms with Gasteiger partial charge in [-0.25, -0.2) is 0 Å². The molecule has 0 bridgehead atoms. The van der Waals surface area contributed by atoms with Crippen LogP contribution in [-0.4, -0.2) is 19.1 Å². The van der Waals surface area contributed by atoms with Crippen molar-refractivity contribution in [1.82, 2.24) is 0 Å². The highest BCUT2D eigenvalue weighted by atomic mass is 16.7. The molecule has 16 heavy (non-hydrogen) atoms. The molecule has 1 amide bonds. The lowest BCUT2D eigenvalue weighted by atomic mass is 10.0. The fraction of sp³-hybridized carbons (Fsp3) is 0.417. The molecule has 2 aliphatic rings. The van der Waals surface area contributed by atoms with Crippen LogP contribution in [0.5, 0.6) is 0 Å². The van der Waals surface area contributed by atoms with Gasteiger partial charge in [0.15, 0.2) is 0 Å². The van der Waals surface area contributed by atoms with Crippen LogP contribution in [-0.2, 0) is 20.1 Å². The SMILES string of the molecule is Cc1ccc2c(c1)C1(OCCCO1)C(=O)N2. The molecule has 1 spiro atoms. The zero-order valence-electron chi connectivity index (χ0n) is 9.08. The predicted molar refractivity (Wildman–Crippen MR) is 58.0 cm³/mol. The van der Waals surface area contributed by atoms with Crippen molar-refractivity contribution in [2.24, 2.45) is 0 Å². The topological polar surface area (TPSA) is 47.6 Å². The fourth-order valence-electron chi connectivity index (χ4n) is 2.19. The lowest BCUT2D eigenvalue weighted by Crippen LogP contribution is -2.43. The molecular formula is C12H13NO3. The summed E-state index contributed by atoms with van der Waals surface area (Å²) in [5.41, 5.74) is 2.68. The first-order chi connectivity index (χ1) is 7.72. The molecule has 2 heterocycles. The van der Waals surface area contributed by atoms with Crippen molar-refractivity contribution < 1.29 is 14.3 Å². The van der Waals surface area contributed by atoms with Gasteiger partial charge in [-0.3, -0.25) is 4.79 Å². The summed E-state index contributed by atoms with van der Waals surface area (Å²) in [4.78, 5) is 12.0. The summed E-state index contributed by atoms with van der Waals surface area (Å²) in [6.07, 6.45) is 0.830. The van der Waals surface area contributed by atoms with Gasteiger partial charge in [0, 0.05) is 5.56 Å². The Balaban J connectivity index is 2.13. The second kappa shape index (κ2) is 3.30. The highest BCUT2D eigenvalue weighted by Crippen LogP contribution is 2.41. The zero-order valence-corrected chi connectivity index (χ0v) is 9.08. The van der Waals surface area contributed by atoms with Crippen LogP contribution in [0.3, 0.4) is 0 Å². The van der Waals surface area contributed by atoms with Crippen molar-refractivity contribution in [1.29, 1.82) is 0 Å². The van der Waals surface area contributed by atoms with Crippen molar-refractivity contribution in [3.8, 4) is 0 Å². The number of carbonyl (C=O) groups excluding carboxylic acids is 1. The minimum absolute atomic E-state index is 0.215. The summed E-state index contributed by atoms with van der Waals surface area (Å²) in [5, 5.41) is 2.80. The van der Waals surface area contributed by atoms with E-state index in [2.05, 4.69) is 5.32 Å². The maximum Gasteiger partial charge on any atom is 0.289 e. The highest BCUT2D eigenvalue weighted by Gasteiger charge is 2.50. The number of rotatable bonds is 0. The molecule has 1 aromatic rings. The van der Waals surface area contributed by atoms with Crippen LogP contribution < -0.4 is 5.32 Å². The second-order valence-corrected chi connectivity index (χ2v) is 4.17. The molecule has 1 aromatic carbocycles. The molecule has 0 aromatic heterocycles. The molecule has 1 N–H and O–H groups in total. The number of fused-ring (bicyclic) bond motifs is 2. The first kappa shape index (κ1) is 9.81. The van der Waals surface area contributed by atoms with Gasteiger partial charge >= 0.3 is 0 Å². The normalized spacial score (nSPS) is 21.9. The molecule has 0 radical (unpaired) electrons. The molecule has 1 fully saturated rings.